The van der Waals surface area contributed by atoms with Crippen LogP contribution in [0.15, 0.2) is 36.4 Å². The maximum absolute atomic E-state index is 13.5. The molecular formula is C16H17F2N. The molecule has 19 heavy (non-hydrogen) atoms. The van der Waals surface area contributed by atoms with E-state index in [4.69, 9.17) is 0 Å². The van der Waals surface area contributed by atoms with Gasteiger partial charge in [-0.2, -0.15) is 0 Å². The minimum atomic E-state index is -0.286. The van der Waals surface area contributed by atoms with Crippen LogP contribution in [0.1, 0.15) is 24.1 Å². The second-order valence-corrected chi connectivity index (χ2v) is 4.70. The van der Waals surface area contributed by atoms with Gasteiger partial charge in [0.25, 0.3) is 0 Å². The SMILES string of the molecule is CNC(C)c1ccc(F)cc1-c1ccc(F)cc1C. The van der Waals surface area contributed by atoms with Gasteiger partial charge < -0.3 is 5.32 Å². The third kappa shape index (κ3) is 2.82. The van der Waals surface area contributed by atoms with Crippen molar-refractivity contribution >= 4 is 0 Å². The molecule has 0 heterocycles. The van der Waals surface area contributed by atoms with Crippen LogP contribution in [0.2, 0.25) is 0 Å². The lowest BCUT2D eigenvalue weighted by atomic mass is 9.92. The number of hydrogen-bond acceptors (Lipinski definition) is 1. The number of rotatable bonds is 3. The molecule has 0 aliphatic rings. The van der Waals surface area contributed by atoms with Crippen molar-refractivity contribution in [1.29, 1.82) is 0 Å². The first kappa shape index (κ1) is 13.7. The van der Waals surface area contributed by atoms with Gasteiger partial charge in [-0.25, -0.2) is 8.78 Å². The zero-order valence-corrected chi connectivity index (χ0v) is 11.3. The van der Waals surface area contributed by atoms with Gasteiger partial charge in [-0.05, 0) is 67.4 Å². The third-order valence-electron chi connectivity index (χ3n) is 3.39. The summed E-state index contributed by atoms with van der Waals surface area (Å²) < 4.78 is 26.7. The number of nitrogens with one attached hydrogen (secondary N) is 1. The Kier molecular flexibility index (Phi) is 3.96. The molecule has 0 amide bonds. The average Bonchev–Trinajstić information content (AvgIpc) is 2.38. The number of aryl methyl sites for hydroxylation is 1. The van der Waals surface area contributed by atoms with Crippen LogP contribution in [-0.4, -0.2) is 7.05 Å². The zero-order chi connectivity index (χ0) is 14.0. The quantitative estimate of drug-likeness (QED) is 0.872. The normalized spacial score (nSPS) is 12.5. The lowest BCUT2D eigenvalue weighted by Gasteiger charge is -2.17. The summed E-state index contributed by atoms with van der Waals surface area (Å²) in [5, 5.41) is 3.15. The van der Waals surface area contributed by atoms with Gasteiger partial charge in [0, 0.05) is 6.04 Å². The molecule has 3 heteroatoms. The molecule has 0 aliphatic carbocycles. The van der Waals surface area contributed by atoms with Crippen LogP contribution < -0.4 is 5.32 Å². The second kappa shape index (κ2) is 5.49. The van der Waals surface area contributed by atoms with Gasteiger partial charge in [-0.1, -0.05) is 12.1 Å². The zero-order valence-electron chi connectivity index (χ0n) is 11.3. The van der Waals surface area contributed by atoms with Crippen molar-refractivity contribution in [2.45, 2.75) is 19.9 Å². The molecule has 1 atom stereocenters. The molecular weight excluding hydrogens is 244 g/mol. The van der Waals surface area contributed by atoms with Gasteiger partial charge in [0.05, 0.1) is 0 Å². The molecule has 0 aliphatic heterocycles. The lowest BCUT2D eigenvalue weighted by Crippen LogP contribution is -2.13. The molecule has 0 spiro atoms. The third-order valence-corrected chi connectivity index (χ3v) is 3.39. The van der Waals surface area contributed by atoms with Crippen molar-refractivity contribution < 1.29 is 8.78 Å². The summed E-state index contributed by atoms with van der Waals surface area (Å²) in [6, 6.07) is 9.39. The fourth-order valence-corrected chi connectivity index (χ4v) is 2.22. The molecule has 0 bridgehead atoms. The Hall–Kier alpha value is -1.74. The van der Waals surface area contributed by atoms with E-state index in [1.54, 1.807) is 12.1 Å². The van der Waals surface area contributed by atoms with Crippen LogP contribution in [0.5, 0.6) is 0 Å². The molecule has 0 fully saturated rings. The van der Waals surface area contributed by atoms with Crippen molar-refractivity contribution in [3.05, 3.63) is 59.2 Å². The van der Waals surface area contributed by atoms with E-state index in [0.29, 0.717) is 0 Å². The first-order valence-corrected chi connectivity index (χ1v) is 6.26. The number of hydrogen-bond donors (Lipinski definition) is 1. The largest absolute Gasteiger partial charge is 0.313 e. The Balaban J connectivity index is 2.62. The van der Waals surface area contributed by atoms with E-state index in [9.17, 15) is 8.78 Å². The van der Waals surface area contributed by atoms with Gasteiger partial charge in [0.1, 0.15) is 11.6 Å². The molecule has 0 saturated carbocycles. The second-order valence-electron chi connectivity index (χ2n) is 4.70. The Bertz CT molecular complexity index is 593. The van der Waals surface area contributed by atoms with Crippen molar-refractivity contribution in [1.82, 2.24) is 5.32 Å². The first-order chi connectivity index (χ1) is 9.02. The molecule has 1 nitrogen and oxygen atoms in total. The van der Waals surface area contributed by atoms with Crippen LogP contribution in [0.4, 0.5) is 8.78 Å². The van der Waals surface area contributed by atoms with E-state index >= 15 is 0 Å². The monoisotopic (exact) mass is 261 g/mol. The van der Waals surface area contributed by atoms with E-state index in [2.05, 4.69) is 5.32 Å². The summed E-state index contributed by atoms with van der Waals surface area (Å²) in [5.74, 6) is -0.563. The highest BCUT2D eigenvalue weighted by Gasteiger charge is 2.13. The fourth-order valence-electron chi connectivity index (χ4n) is 2.22. The fraction of sp³-hybridized carbons (Fsp3) is 0.250. The number of halogens is 2. The highest BCUT2D eigenvalue weighted by Crippen LogP contribution is 2.31. The predicted molar refractivity (Wildman–Crippen MR) is 74.0 cm³/mol. The summed E-state index contributed by atoms with van der Waals surface area (Å²) in [5.41, 5.74) is 3.46. The molecule has 0 saturated heterocycles. The smallest absolute Gasteiger partial charge is 0.123 e. The molecule has 100 valence electrons. The highest BCUT2D eigenvalue weighted by atomic mass is 19.1. The molecule has 2 aromatic rings. The minimum absolute atomic E-state index is 0.0973. The van der Waals surface area contributed by atoms with E-state index in [0.717, 1.165) is 22.3 Å². The summed E-state index contributed by atoms with van der Waals surface area (Å²) in [4.78, 5) is 0. The molecule has 2 aromatic carbocycles. The number of benzene rings is 2. The van der Waals surface area contributed by atoms with E-state index in [1.807, 2.05) is 20.9 Å². The van der Waals surface area contributed by atoms with Crippen LogP contribution in [0.3, 0.4) is 0 Å². The van der Waals surface area contributed by atoms with Crippen molar-refractivity contribution in [2.24, 2.45) is 0 Å². The van der Waals surface area contributed by atoms with Gasteiger partial charge in [-0.15, -0.1) is 0 Å². The Morgan fingerprint density at radius 1 is 0.947 bits per heavy atom. The van der Waals surface area contributed by atoms with Crippen molar-refractivity contribution in [3.63, 3.8) is 0 Å². The molecule has 2 rings (SSSR count). The molecule has 0 radical (unpaired) electrons. The minimum Gasteiger partial charge on any atom is -0.313 e. The van der Waals surface area contributed by atoms with Crippen LogP contribution in [0, 0.1) is 18.6 Å². The molecule has 1 N–H and O–H groups in total. The van der Waals surface area contributed by atoms with E-state index < -0.39 is 0 Å². The molecule has 1 unspecified atom stereocenters. The summed E-state index contributed by atoms with van der Waals surface area (Å²) in [6.07, 6.45) is 0. The summed E-state index contributed by atoms with van der Waals surface area (Å²) in [7, 11) is 1.86. The van der Waals surface area contributed by atoms with E-state index in [1.165, 1.54) is 24.3 Å². The van der Waals surface area contributed by atoms with Gasteiger partial charge in [-0.3, -0.25) is 0 Å². The summed E-state index contributed by atoms with van der Waals surface area (Å²) >= 11 is 0. The topological polar surface area (TPSA) is 12.0 Å². The lowest BCUT2D eigenvalue weighted by molar-refractivity contribution is 0.619. The highest BCUT2D eigenvalue weighted by molar-refractivity contribution is 5.71. The van der Waals surface area contributed by atoms with Crippen LogP contribution in [0.25, 0.3) is 11.1 Å². The Labute approximate surface area is 112 Å². The standard InChI is InChI=1S/C16H17F2N/c1-10-8-12(17)4-6-14(10)16-9-13(18)5-7-15(16)11(2)19-3/h4-9,11,19H,1-3H3. The Morgan fingerprint density at radius 3 is 2.21 bits per heavy atom. The molecule has 0 aromatic heterocycles. The maximum atomic E-state index is 13.5. The Morgan fingerprint density at radius 2 is 1.58 bits per heavy atom. The van der Waals surface area contributed by atoms with Crippen LogP contribution >= 0.6 is 0 Å². The first-order valence-electron chi connectivity index (χ1n) is 6.26. The van der Waals surface area contributed by atoms with E-state index in [-0.39, 0.29) is 17.7 Å². The van der Waals surface area contributed by atoms with Gasteiger partial charge in [0.15, 0.2) is 0 Å². The van der Waals surface area contributed by atoms with Gasteiger partial charge >= 0.3 is 0 Å². The maximum Gasteiger partial charge on any atom is 0.123 e. The van der Waals surface area contributed by atoms with Crippen molar-refractivity contribution in [3.8, 4) is 11.1 Å². The van der Waals surface area contributed by atoms with Crippen LogP contribution in [-0.2, 0) is 0 Å². The van der Waals surface area contributed by atoms with Gasteiger partial charge in [0.2, 0.25) is 0 Å². The van der Waals surface area contributed by atoms with Crippen molar-refractivity contribution in [2.75, 3.05) is 7.05 Å². The average molecular weight is 261 g/mol. The summed E-state index contributed by atoms with van der Waals surface area (Å²) in [6.45, 7) is 3.84. The predicted octanol–water partition coefficient (Wildman–Crippen LogP) is 4.22.